The molecule has 7 nitrogen and oxygen atoms in total. The molecule has 126 valence electrons. The molecule has 1 saturated heterocycles. The lowest BCUT2D eigenvalue weighted by atomic mass is 10.1. The van der Waals surface area contributed by atoms with Crippen molar-refractivity contribution in [2.75, 3.05) is 32.9 Å². The minimum atomic E-state index is -0.242. The summed E-state index contributed by atoms with van der Waals surface area (Å²) >= 11 is 0. The van der Waals surface area contributed by atoms with Crippen LogP contribution in [0.5, 0.6) is 11.5 Å². The molecule has 2 aliphatic rings. The molecule has 2 aromatic rings. The van der Waals surface area contributed by atoms with E-state index in [4.69, 9.17) is 14.2 Å². The van der Waals surface area contributed by atoms with Gasteiger partial charge in [-0.05, 0) is 19.1 Å². The van der Waals surface area contributed by atoms with Crippen LogP contribution in [0.15, 0.2) is 24.4 Å². The van der Waals surface area contributed by atoms with Crippen LogP contribution >= 0.6 is 0 Å². The molecular formula is C17H19N3O4. The number of ether oxygens (including phenoxy) is 3. The van der Waals surface area contributed by atoms with Gasteiger partial charge in [-0.15, -0.1) is 0 Å². The number of hydrogen-bond acceptors (Lipinski definition) is 5. The number of aryl methyl sites for hydroxylation is 1. The molecule has 3 heterocycles. The SMILES string of the molecule is Cc1cnc([C@H]2CN(C(=O)c3cccc4c3OCCO4)CCO2)[nH]1. The average Bonchev–Trinajstić information content (AvgIpc) is 3.07. The van der Waals surface area contributed by atoms with Gasteiger partial charge in [0.25, 0.3) is 5.91 Å². The maximum atomic E-state index is 13.0. The largest absolute Gasteiger partial charge is 0.486 e. The molecule has 0 aliphatic carbocycles. The number of nitrogens with one attached hydrogen (secondary N) is 1. The molecule has 1 aromatic heterocycles. The van der Waals surface area contributed by atoms with Gasteiger partial charge in [-0.25, -0.2) is 4.98 Å². The summed E-state index contributed by atoms with van der Waals surface area (Å²) in [6.07, 6.45) is 1.52. The average molecular weight is 329 g/mol. The first-order chi connectivity index (χ1) is 11.7. The van der Waals surface area contributed by atoms with E-state index in [1.54, 1.807) is 17.2 Å². The number of morpholine rings is 1. The van der Waals surface area contributed by atoms with Crippen LogP contribution < -0.4 is 9.47 Å². The number of carbonyl (C=O) groups excluding carboxylic acids is 1. The summed E-state index contributed by atoms with van der Waals surface area (Å²) in [5.74, 6) is 1.83. The number of rotatable bonds is 2. The molecular weight excluding hydrogens is 310 g/mol. The van der Waals surface area contributed by atoms with Gasteiger partial charge in [0.1, 0.15) is 25.1 Å². The van der Waals surface area contributed by atoms with E-state index in [1.807, 2.05) is 19.1 Å². The Morgan fingerprint density at radius 1 is 1.29 bits per heavy atom. The Balaban J connectivity index is 1.56. The van der Waals surface area contributed by atoms with E-state index in [2.05, 4.69) is 9.97 Å². The van der Waals surface area contributed by atoms with Crippen LogP contribution in [-0.4, -0.2) is 53.7 Å². The van der Waals surface area contributed by atoms with Gasteiger partial charge in [-0.3, -0.25) is 4.79 Å². The lowest BCUT2D eigenvalue weighted by Gasteiger charge is -2.32. The maximum absolute atomic E-state index is 13.0. The second-order valence-corrected chi connectivity index (χ2v) is 5.89. The van der Waals surface area contributed by atoms with Crippen molar-refractivity contribution in [3.8, 4) is 11.5 Å². The number of fused-ring (bicyclic) bond motifs is 1. The third-order valence-electron chi connectivity index (χ3n) is 4.18. The van der Waals surface area contributed by atoms with Crippen molar-refractivity contribution in [3.63, 3.8) is 0 Å². The molecule has 0 saturated carbocycles. The van der Waals surface area contributed by atoms with Gasteiger partial charge >= 0.3 is 0 Å². The number of hydrogen-bond donors (Lipinski definition) is 1. The number of nitrogens with zero attached hydrogens (tertiary/aromatic N) is 2. The molecule has 1 atom stereocenters. The third-order valence-corrected chi connectivity index (χ3v) is 4.18. The topological polar surface area (TPSA) is 76.7 Å². The summed E-state index contributed by atoms with van der Waals surface area (Å²) in [6.45, 7) is 4.37. The summed E-state index contributed by atoms with van der Waals surface area (Å²) in [4.78, 5) is 22.2. The first-order valence-corrected chi connectivity index (χ1v) is 8.03. The molecule has 1 fully saturated rings. The van der Waals surface area contributed by atoms with E-state index in [0.29, 0.717) is 50.0 Å². The molecule has 1 N–H and O–H groups in total. The third kappa shape index (κ3) is 2.71. The summed E-state index contributed by atoms with van der Waals surface area (Å²) in [5, 5.41) is 0. The van der Waals surface area contributed by atoms with Crippen LogP contribution in [0.3, 0.4) is 0 Å². The highest BCUT2D eigenvalue weighted by atomic mass is 16.6. The van der Waals surface area contributed by atoms with E-state index in [9.17, 15) is 4.79 Å². The van der Waals surface area contributed by atoms with E-state index >= 15 is 0 Å². The van der Waals surface area contributed by atoms with Crippen LogP contribution in [0.2, 0.25) is 0 Å². The van der Waals surface area contributed by atoms with Crippen LogP contribution in [0.25, 0.3) is 0 Å². The standard InChI is InChI=1S/C17H19N3O4/c1-11-9-18-16(19-11)14-10-20(5-6-22-14)17(21)12-3-2-4-13-15(12)24-8-7-23-13/h2-4,9,14H,5-8,10H2,1H3,(H,18,19)/t14-/m1/s1. The second-order valence-electron chi connectivity index (χ2n) is 5.89. The molecule has 2 aliphatic heterocycles. The summed E-state index contributed by atoms with van der Waals surface area (Å²) in [7, 11) is 0. The van der Waals surface area contributed by atoms with Crippen molar-refractivity contribution in [1.82, 2.24) is 14.9 Å². The molecule has 0 radical (unpaired) electrons. The predicted octanol–water partition coefficient (Wildman–Crippen LogP) is 1.70. The molecule has 1 amide bonds. The minimum Gasteiger partial charge on any atom is -0.486 e. The molecule has 0 bridgehead atoms. The van der Waals surface area contributed by atoms with Crippen LogP contribution in [-0.2, 0) is 4.74 Å². The van der Waals surface area contributed by atoms with Crippen molar-refractivity contribution in [3.05, 3.63) is 41.5 Å². The van der Waals surface area contributed by atoms with E-state index in [0.717, 1.165) is 11.5 Å². The Labute approximate surface area is 139 Å². The minimum absolute atomic E-state index is 0.0751. The van der Waals surface area contributed by atoms with Gasteiger partial charge in [-0.2, -0.15) is 0 Å². The fraction of sp³-hybridized carbons (Fsp3) is 0.412. The smallest absolute Gasteiger partial charge is 0.257 e. The van der Waals surface area contributed by atoms with Gasteiger partial charge in [0.2, 0.25) is 0 Å². The van der Waals surface area contributed by atoms with Gasteiger partial charge in [0, 0.05) is 18.4 Å². The van der Waals surface area contributed by atoms with Crippen molar-refractivity contribution >= 4 is 5.91 Å². The predicted molar refractivity (Wildman–Crippen MR) is 85.4 cm³/mol. The zero-order chi connectivity index (χ0) is 16.5. The first-order valence-electron chi connectivity index (χ1n) is 8.03. The Hall–Kier alpha value is -2.54. The summed E-state index contributed by atoms with van der Waals surface area (Å²) < 4.78 is 17.0. The van der Waals surface area contributed by atoms with Gasteiger partial charge in [0.15, 0.2) is 11.5 Å². The maximum Gasteiger partial charge on any atom is 0.257 e. The molecule has 4 rings (SSSR count). The fourth-order valence-electron chi connectivity index (χ4n) is 3.01. The number of amides is 1. The number of H-pyrrole nitrogens is 1. The fourth-order valence-corrected chi connectivity index (χ4v) is 3.01. The highest BCUT2D eigenvalue weighted by Gasteiger charge is 2.30. The lowest BCUT2D eigenvalue weighted by Crippen LogP contribution is -2.42. The zero-order valence-corrected chi connectivity index (χ0v) is 13.4. The van der Waals surface area contributed by atoms with Gasteiger partial charge in [0.05, 0.1) is 18.7 Å². The molecule has 1 aromatic carbocycles. The van der Waals surface area contributed by atoms with Crippen molar-refractivity contribution in [2.45, 2.75) is 13.0 Å². The molecule has 7 heteroatoms. The summed E-state index contributed by atoms with van der Waals surface area (Å²) in [6, 6.07) is 5.41. The monoisotopic (exact) mass is 329 g/mol. The highest BCUT2D eigenvalue weighted by molar-refractivity contribution is 5.98. The van der Waals surface area contributed by atoms with Crippen LogP contribution in [0, 0.1) is 6.92 Å². The number of carbonyl (C=O) groups is 1. The van der Waals surface area contributed by atoms with Gasteiger partial charge in [-0.1, -0.05) is 6.07 Å². The van der Waals surface area contributed by atoms with Crippen molar-refractivity contribution in [1.29, 1.82) is 0 Å². The Morgan fingerprint density at radius 2 is 2.17 bits per heavy atom. The van der Waals surface area contributed by atoms with Crippen molar-refractivity contribution < 1.29 is 19.0 Å². The van der Waals surface area contributed by atoms with E-state index < -0.39 is 0 Å². The van der Waals surface area contributed by atoms with Crippen LogP contribution in [0.1, 0.15) is 28.0 Å². The number of para-hydroxylation sites is 1. The quantitative estimate of drug-likeness (QED) is 0.907. The Morgan fingerprint density at radius 3 is 3.00 bits per heavy atom. The zero-order valence-electron chi connectivity index (χ0n) is 13.4. The van der Waals surface area contributed by atoms with Crippen LogP contribution in [0.4, 0.5) is 0 Å². The van der Waals surface area contributed by atoms with Gasteiger partial charge < -0.3 is 24.1 Å². The highest BCUT2D eigenvalue weighted by Crippen LogP contribution is 2.35. The number of aromatic nitrogens is 2. The molecule has 24 heavy (non-hydrogen) atoms. The first kappa shape index (κ1) is 15.0. The second kappa shape index (κ2) is 6.16. The normalized spacial score (nSPS) is 20.0. The lowest BCUT2D eigenvalue weighted by molar-refractivity contribution is -0.0266. The number of imidazole rings is 1. The number of benzene rings is 1. The molecule has 0 unspecified atom stereocenters. The Kier molecular flexibility index (Phi) is 3.86. The number of aromatic amines is 1. The van der Waals surface area contributed by atoms with E-state index in [-0.39, 0.29) is 12.0 Å². The van der Waals surface area contributed by atoms with E-state index in [1.165, 1.54) is 0 Å². The Bertz CT molecular complexity index is 758. The van der Waals surface area contributed by atoms with Crippen molar-refractivity contribution in [2.24, 2.45) is 0 Å². The summed E-state index contributed by atoms with van der Waals surface area (Å²) in [5.41, 5.74) is 1.50. The molecule has 0 spiro atoms.